The number of nitriles is 1. The number of carbonyl (C=O) groups is 5. The van der Waals surface area contributed by atoms with Gasteiger partial charge in [-0.3, -0.25) is 34.2 Å². The number of rotatable bonds is 9. The van der Waals surface area contributed by atoms with Gasteiger partial charge in [0.05, 0.1) is 34.0 Å². The first-order chi connectivity index (χ1) is 29.2. The van der Waals surface area contributed by atoms with E-state index in [-0.39, 0.29) is 41.5 Å². The maximum Gasteiger partial charge on any atom is 0.417 e. The van der Waals surface area contributed by atoms with Crippen LogP contribution in [0, 0.1) is 34.9 Å². The van der Waals surface area contributed by atoms with Crippen LogP contribution in [0.15, 0.2) is 48.7 Å². The van der Waals surface area contributed by atoms with Crippen molar-refractivity contribution in [2.75, 3.05) is 60.9 Å². The maximum atomic E-state index is 15.4. The van der Waals surface area contributed by atoms with Crippen molar-refractivity contribution in [3.05, 3.63) is 82.3 Å². The standard InChI is InChI=1S/C44H46F4N8O5/c45-35-21-32-33(43(61)56(42(32)60)36-4-6-39(57)52-41(36)59)22-37(35)55-15-9-27(10-16-55)25-53-13-7-26(8-14-53)19-28-1-5-38(50-24-28)51-40(58)29-11-17-54(18-12-29)31-3-2-30(23-49)34(20-31)44(46,47)48/h1-3,5,20-22,24,26-27,29,36H,4,6-19,25H2,(H,50,51,58)(H,52,57,59). The molecular weight excluding hydrogens is 797 g/mol. The number of pyridine rings is 1. The fraction of sp³-hybridized carbons (Fsp3) is 0.477. The van der Waals surface area contributed by atoms with E-state index in [1.807, 2.05) is 15.9 Å². The lowest BCUT2D eigenvalue weighted by atomic mass is 9.89. The number of aromatic nitrogens is 1. The second-order valence-electron chi connectivity index (χ2n) is 16.8. The fourth-order valence-electron chi connectivity index (χ4n) is 9.46. The van der Waals surface area contributed by atoms with Crippen LogP contribution >= 0.6 is 0 Å². The highest BCUT2D eigenvalue weighted by atomic mass is 19.4. The van der Waals surface area contributed by atoms with Gasteiger partial charge in [0.25, 0.3) is 11.8 Å². The predicted octanol–water partition coefficient (Wildman–Crippen LogP) is 5.54. The van der Waals surface area contributed by atoms with Crippen LogP contribution in [0.1, 0.15) is 88.8 Å². The topological polar surface area (TPSA) is 159 Å². The molecule has 17 heteroatoms. The second kappa shape index (κ2) is 17.2. The van der Waals surface area contributed by atoms with Crippen molar-refractivity contribution in [3.8, 4) is 6.07 Å². The fourth-order valence-corrected chi connectivity index (χ4v) is 9.46. The second-order valence-corrected chi connectivity index (χ2v) is 16.8. The molecule has 8 rings (SSSR count). The predicted molar refractivity (Wildman–Crippen MR) is 215 cm³/mol. The van der Waals surface area contributed by atoms with Crippen molar-refractivity contribution in [3.63, 3.8) is 0 Å². The van der Waals surface area contributed by atoms with Gasteiger partial charge in [0.2, 0.25) is 17.7 Å². The Morgan fingerprint density at radius 3 is 2.15 bits per heavy atom. The molecule has 1 aromatic heterocycles. The largest absolute Gasteiger partial charge is 0.417 e. The summed E-state index contributed by atoms with van der Waals surface area (Å²) in [5.41, 5.74) is 0.354. The van der Waals surface area contributed by atoms with E-state index in [2.05, 4.69) is 20.5 Å². The molecule has 0 bridgehead atoms. The number of nitrogens with one attached hydrogen (secondary N) is 2. The summed E-state index contributed by atoms with van der Waals surface area (Å²) < 4.78 is 55.8. The van der Waals surface area contributed by atoms with Crippen LogP contribution in [-0.4, -0.2) is 96.2 Å². The minimum absolute atomic E-state index is 0.00813. The van der Waals surface area contributed by atoms with E-state index in [9.17, 15) is 37.1 Å². The molecule has 0 saturated carbocycles. The first-order valence-corrected chi connectivity index (χ1v) is 20.9. The number of nitrogens with zero attached hydrogens (tertiary/aromatic N) is 6. The molecule has 2 N–H and O–H groups in total. The summed E-state index contributed by atoms with van der Waals surface area (Å²) in [6.45, 7) is 4.92. The monoisotopic (exact) mass is 842 g/mol. The molecule has 0 radical (unpaired) electrons. The first kappa shape index (κ1) is 41.8. The zero-order valence-corrected chi connectivity index (χ0v) is 33.5. The van der Waals surface area contributed by atoms with E-state index < -0.39 is 52.8 Å². The van der Waals surface area contributed by atoms with Crippen molar-refractivity contribution in [2.24, 2.45) is 17.8 Å². The number of hydrogen-bond acceptors (Lipinski definition) is 10. The Morgan fingerprint density at radius 1 is 0.836 bits per heavy atom. The van der Waals surface area contributed by atoms with Gasteiger partial charge >= 0.3 is 6.18 Å². The lowest BCUT2D eigenvalue weighted by Crippen LogP contribution is -2.54. The SMILES string of the molecule is N#Cc1ccc(N2CCC(C(=O)Nc3ccc(CC4CCN(CC5CCN(c6cc7c(cc6F)C(=O)N(C6CCC(=O)NC6=O)C7=O)CC5)CC4)cn3)CC2)cc1C(F)(F)F. The van der Waals surface area contributed by atoms with Crippen molar-refractivity contribution in [1.82, 2.24) is 20.1 Å². The van der Waals surface area contributed by atoms with E-state index in [0.717, 1.165) is 74.3 Å². The number of hydrogen-bond donors (Lipinski definition) is 2. The van der Waals surface area contributed by atoms with E-state index in [4.69, 9.17) is 5.26 Å². The summed E-state index contributed by atoms with van der Waals surface area (Å²) in [6, 6.07) is 10.5. The smallest absolute Gasteiger partial charge is 0.371 e. The average Bonchev–Trinajstić information content (AvgIpc) is 3.48. The van der Waals surface area contributed by atoms with Crippen LogP contribution < -0.4 is 20.4 Å². The van der Waals surface area contributed by atoms with Crippen molar-refractivity contribution in [2.45, 2.75) is 70.0 Å². The van der Waals surface area contributed by atoms with E-state index in [0.29, 0.717) is 62.4 Å². The molecular formula is C44H46F4N8O5. The number of anilines is 3. The summed E-state index contributed by atoms with van der Waals surface area (Å²) in [7, 11) is 0. The molecule has 5 aliphatic rings. The Balaban J connectivity index is 0.754. The van der Waals surface area contributed by atoms with Crippen molar-refractivity contribution < 1.29 is 41.5 Å². The van der Waals surface area contributed by atoms with Crippen LogP contribution in [0.2, 0.25) is 0 Å². The van der Waals surface area contributed by atoms with Crippen molar-refractivity contribution in [1.29, 1.82) is 5.26 Å². The zero-order chi connectivity index (χ0) is 43.0. The average molecular weight is 843 g/mol. The van der Waals surface area contributed by atoms with Crippen LogP contribution in [0.25, 0.3) is 0 Å². The minimum atomic E-state index is -4.63. The number of alkyl halides is 3. The maximum absolute atomic E-state index is 15.4. The number of piperidine rings is 4. The summed E-state index contributed by atoms with van der Waals surface area (Å²) in [5, 5.41) is 14.2. The number of fused-ring (bicyclic) bond motifs is 1. The number of amides is 5. The van der Waals surface area contributed by atoms with Crippen molar-refractivity contribution >= 4 is 46.7 Å². The molecule has 320 valence electrons. The van der Waals surface area contributed by atoms with Gasteiger partial charge in [0.15, 0.2) is 0 Å². The summed E-state index contributed by atoms with van der Waals surface area (Å²) in [4.78, 5) is 75.0. The van der Waals surface area contributed by atoms with Gasteiger partial charge in [-0.25, -0.2) is 9.37 Å². The van der Waals surface area contributed by atoms with Gasteiger partial charge in [-0.2, -0.15) is 18.4 Å². The van der Waals surface area contributed by atoms with Gasteiger partial charge in [-0.1, -0.05) is 6.07 Å². The molecule has 13 nitrogen and oxygen atoms in total. The zero-order valence-electron chi connectivity index (χ0n) is 33.5. The normalized spacial score (nSPS) is 21.1. The summed E-state index contributed by atoms with van der Waals surface area (Å²) >= 11 is 0. The lowest BCUT2D eigenvalue weighted by molar-refractivity contribution is -0.138. The van der Waals surface area contributed by atoms with Crippen LogP contribution in [0.3, 0.4) is 0 Å². The number of likely N-dealkylation sites (tertiary alicyclic amines) is 1. The molecule has 0 aliphatic carbocycles. The molecule has 5 aliphatic heterocycles. The summed E-state index contributed by atoms with van der Waals surface area (Å²) in [6.07, 6.45) is 2.82. The van der Waals surface area contributed by atoms with Crippen LogP contribution in [0.5, 0.6) is 0 Å². The molecule has 1 atom stereocenters. The molecule has 3 aromatic rings. The third-order valence-electron chi connectivity index (χ3n) is 12.9. The van der Waals surface area contributed by atoms with Gasteiger partial charge in [0.1, 0.15) is 17.7 Å². The molecule has 0 spiro atoms. The van der Waals surface area contributed by atoms with E-state index >= 15 is 4.39 Å². The highest BCUT2D eigenvalue weighted by Gasteiger charge is 2.45. The Bertz CT molecular complexity index is 2260. The van der Waals surface area contributed by atoms with Gasteiger partial charge in [-0.05, 0) is 118 Å². The molecule has 4 fully saturated rings. The number of benzene rings is 2. The number of carbonyl (C=O) groups excluding carboxylic acids is 5. The van der Waals surface area contributed by atoms with Gasteiger partial charge < -0.3 is 20.0 Å². The molecule has 6 heterocycles. The first-order valence-electron chi connectivity index (χ1n) is 20.9. The van der Waals surface area contributed by atoms with Gasteiger partial charge in [0, 0.05) is 56.9 Å². The highest BCUT2D eigenvalue weighted by Crippen LogP contribution is 2.37. The Labute approximate surface area is 350 Å². The molecule has 5 amide bonds. The minimum Gasteiger partial charge on any atom is -0.371 e. The Kier molecular flexibility index (Phi) is 11.8. The number of imide groups is 2. The molecule has 61 heavy (non-hydrogen) atoms. The lowest BCUT2D eigenvalue weighted by Gasteiger charge is -2.38. The summed E-state index contributed by atoms with van der Waals surface area (Å²) in [5.74, 6) is -2.22. The highest BCUT2D eigenvalue weighted by molar-refractivity contribution is 6.23. The molecule has 2 aromatic carbocycles. The third-order valence-corrected chi connectivity index (χ3v) is 12.9. The van der Waals surface area contributed by atoms with Gasteiger partial charge in [-0.15, -0.1) is 0 Å². The van der Waals surface area contributed by atoms with E-state index in [1.54, 1.807) is 18.3 Å². The Morgan fingerprint density at radius 2 is 1.51 bits per heavy atom. The molecule has 4 saturated heterocycles. The van der Waals surface area contributed by atoms with Crippen LogP contribution in [0.4, 0.5) is 34.8 Å². The van der Waals surface area contributed by atoms with Crippen LogP contribution in [-0.2, 0) is 27.0 Å². The molecule has 1 unspecified atom stereocenters. The number of halogens is 4. The Hall–Kier alpha value is -5.89. The quantitative estimate of drug-likeness (QED) is 0.207. The van der Waals surface area contributed by atoms with E-state index in [1.165, 1.54) is 18.2 Å². The third kappa shape index (κ3) is 8.95.